The van der Waals surface area contributed by atoms with Gasteiger partial charge in [-0.15, -0.1) is 0 Å². The lowest BCUT2D eigenvalue weighted by atomic mass is 10.2. The number of hydrogen-bond acceptors (Lipinski definition) is 8. The van der Waals surface area contributed by atoms with Gasteiger partial charge in [-0.2, -0.15) is 0 Å². The van der Waals surface area contributed by atoms with Crippen LogP contribution in [0.25, 0.3) is 0 Å². The van der Waals surface area contributed by atoms with Gasteiger partial charge in [-0.3, -0.25) is 23.3 Å². The van der Waals surface area contributed by atoms with E-state index < -0.39 is 36.9 Å². The van der Waals surface area contributed by atoms with E-state index in [1.165, 1.54) is 0 Å². The molecule has 15 nitrogen and oxygen atoms in total. The van der Waals surface area contributed by atoms with Crippen molar-refractivity contribution in [1.82, 2.24) is 9.80 Å². The van der Waals surface area contributed by atoms with Crippen molar-refractivity contribution in [3.63, 3.8) is 0 Å². The molecule has 0 radical (unpaired) electrons. The fourth-order valence-electron chi connectivity index (χ4n) is 2.99. The Hall–Kier alpha value is 0.210. The zero-order valence-electron chi connectivity index (χ0n) is 15.9. The molecule has 0 aromatic rings. The molecule has 1 unspecified atom stereocenters. The molecule has 0 aromatic heterocycles. The first-order valence-corrected chi connectivity index (χ1v) is 13.0. The maximum atomic E-state index is 11.1. The average molecular weight is 488 g/mol. The number of phosphoric ester groups is 3. The highest BCUT2D eigenvalue weighted by atomic mass is 31.2. The molecule has 1 fully saturated rings. The highest BCUT2D eigenvalue weighted by Crippen LogP contribution is 2.38. The highest BCUT2D eigenvalue weighted by Gasteiger charge is 2.35. The van der Waals surface area contributed by atoms with Gasteiger partial charge in [0.25, 0.3) is 0 Å². The van der Waals surface area contributed by atoms with Gasteiger partial charge in [0, 0.05) is 25.9 Å². The van der Waals surface area contributed by atoms with Crippen LogP contribution in [0.2, 0.25) is 0 Å². The van der Waals surface area contributed by atoms with E-state index in [4.69, 9.17) is 33.9 Å². The van der Waals surface area contributed by atoms with Crippen molar-refractivity contribution in [3.05, 3.63) is 0 Å². The average Bonchev–Trinajstić information content (AvgIpc) is 2.53. The molecule has 18 heteroatoms. The van der Waals surface area contributed by atoms with Crippen LogP contribution in [0.4, 0.5) is 0 Å². The third kappa shape index (κ3) is 13.3. The minimum atomic E-state index is -4.80. The first kappa shape index (κ1) is 27.2. The smallest absolute Gasteiger partial charge is 0.303 e. The Balaban J connectivity index is 2.70. The van der Waals surface area contributed by atoms with E-state index >= 15 is 0 Å². The summed E-state index contributed by atoms with van der Waals surface area (Å²) in [6.07, 6.45) is 1.11. The SMILES string of the molecule is CN1CCC[N+](CCCN(COP(=O)(O)O)COP(=O)(O)O)(COP(=O)(O)O)C1. The van der Waals surface area contributed by atoms with Gasteiger partial charge in [-0.05, 0) is 7.05 Å². The summed E-state index contributed by atoms with van der Waals surface area (Å²) in [6, 6.07) is 0. The summed E-state index contributed by atoms with van der Waals surface area (Å²) in [5.74, 6) is 0. The molecule has 1 saturated heterocycles. The monoisotopic (exact) mass is 488 g/mol. The molecule has 174 valence electrons. The fourth-order valence-corrected chi connectivity index (χ4v) is 4.01. The molecule has 29 heavy (non-hydrogen) atoms. The van der Waals surface area contributed by atoms with Crippen molar-refractivity contribution < 1.29 is 61.1 Å². The molecular formula is C11H29N3O12P3+. The summed E-state index contributed by atoms with van der Waals surface area (Å²) in [4.78, 5) is 56.4. The van der Waals surface area contributed by atoms with E-state index in [-0.39, 0.29) is 17.8 Å². The van der Waals surface area contributed by atoms with E-state index in [1.807, 2.05) is 11.9 Å². The molecule has 1 atom stereocenters. The number of quaternary nitrogens is 1. The number of hydrogen-bond donors (Lipinski definition) is 6. The molecule has 0 aromatic carbocycles. The highest BCUT2D eigenvalue weighted by molar-refractivity contribution is 7.46. The van der Waals surface area contributed by atoms with Gasteiger partial charge in [-0.25, -0.2) is 18.2 Å². The second-order valence-electron chi connectivity index (χ2n) is 6.86. The van der Waals surface area contributed by atoms with Gasteiger partial charge >= 0.3 is 23.5 Å². The predicted octanol–water partition coefficient (Wildman–Crippen LogP) is -1.01. The normalized spacial score (nSPS) is 22.3. The van der Waals surface area contributed by atoms with E-state index in [2.05, 4.69) is 9.05 Å². The summed E-state index contributed by atoms with van der Waals surface area (Å²) in [7, 11) is -12.4. The molecule has 1 heterocycles. The molecule has 1 rings (SSSR count). The lowest BCUT2D eigenvalue weighted by Gasteiger charge is -2.44. The van der Waals surface area contributed by atoms with Crippen LogP contribution in [0, 0.1) is 0 Å². The fraction of sp³-hybridized carbons (Fsp3) is 1.00. The third-order valence-electron chi connectivity index (χ3n) is 4.14. The minimum Gasteiger partial charge on any atom is -0.303 e. The second kappa shape index (κ2) is 11.2. The first-order valence-electron chi connectivity index (χ1n) is 8.45. The van der Waals surface area contributed by atoms with E-state index in [1.54, 1.807) is 0 Å². The summed E-state index contributed by atoms with van der Waals surface area (Å²) in [5.41, 5.74) is 0. The molecular weight excluding hydrogens is 459 g/mol. The second-order valence-corrected chi connectivity index (χ2v) is 10.6. The van der Waals surface area contributed by atoms with Crippen LogP contribution in [-0.2, 0) is 27.3 Å². The quantitative estimate of drug-likeness (QED) is 0.104. The van der Waals surface area contributed by atoms with Crippen molar-refractivity contribution in [2.45, 2.75) is 12.8 Å². The Kier molecular flexibility index (Phi) is 10.5. The Morgan fingerprint density at radius 1 is 0.931 bits per heavy atom. The van der Waals surface area contributed by atoms with Gasteiger partial charge in [-0.1, -0.05) is 0 Å². The van der Waals surface area contributed by atoms with Crippen LogP contribution < -0.4 is 0 Å². The molecule has 0 saturated carbocycles. The topological polar surface area (TPSA) is 207 Å². The Bertz CT molecular complexity index is 624. The summed E-state index contributed by atoms with van der Waals surface area (Å²) in [5, 5.41) is 0. The summed E-state index contributed by atoms with van der Waals surface area (Å²) >= 11 is 0. The minimum absolute atomic E-state index is 0.0830. The van der Waals surface area contributed by atoms with Gasteiger partial charge in [0.1, 0.15) is 20.1 Å². The molecule has 6 N–H and O–H groups in total. The molecule has 0 bridgehead atoms. The molecule has 1 aliphatic heterocycles. The largest absolute Gasteiger partial charge is 0.474 e. The standard InChI is InChI=1S/C11H28N3O12P3/c1-12-4-2-6-14(8-12,11-26-29(21,22)23)7-3-5-13(9-24-27(15,16)17)10-25-28(18,19)20/h2-11H2,1H3,(H5-,15,16,17,18,19,20,21,22,23)/p+1. The summed E-state index contributed by atoms with van der Waals surface area (Å²) < 4.78 is 46.5. The van der Waals surface area contributed by atoms with Gasteiger partial charge in [0.05, 0.1) is 13.1 Å². The van der Waals surface area contributed by atoms with Crippen LogP contribution in [0.3, 0.4) is 0 Å². The summed E-state index contributed by atoms with van der Waals surface area (Å²) in [6.45, 7) is 0.847. The van der Waals surface area contributed by atoms with Crippen LogP contribution in [-0.4, -0.2) is 104 Å². The van der Waals surface area contributed by atoms with Crippen molar-refractivity contribution in [2.24, 2.45) is 0 Å². The maximum Gasteiger partial charge on any atom is 0.474 e. The maximum absolute atomic E-state index is 11.1. The lowest BCUT2D eigenvalue weighted by molar-refractivity contribution is -0.956. The van der Waals surface area contributed by atoms with Crippen LogP contribution in [0.5, 0.6) is 0 Å². The van der Waals surface area contributed by atoms with Gasteiger partial charge in [0.15, 0.2) is 6.73 Å². The predicted molar refractivity (Wildman–Crippen MR) is 97.4 cm³/mol. The van der Waals surface area contributed by atoms with Gasteiger partial charge in [0.2, 0.25) is 0 Å². The van der Waals surface area contributed by atoms with E-state index in [0.717, 1.165) is 17.9 Å². The zero-order valence-corrected chi connectivity index (χ0v) is 18.6. The van der Waals surface area contributed by atoms with Crippen LogP contribution >= 0.6 is 23.5 Å². The van der Waals surface area contributed by atoms with Crippen molar-refractivity contribution >= 4 is 23.5 Å². The van der Waals surface area contributed by atoms with Crippen LogP contribution in [0.1, 0.15) is 12.8 Å². The molecule has 0 spiro atoms. The number of nitrogens with zero attached hydrogens (tertiary/aromatic N) is 3. The van der Waals surface area contributed by atoms with Crippen molar-refractivity contribution in [2.75, 3.05) is 60.1 Å². The van der Waals surface area contributed by atoms with Crippen molar-refractivity contribution in [1.29, 1.82) is 0 Å². The first-order chi connectivity index (χ1) is 13.1. The number of phosphoric acid groups is 3. The lowest BCUT2D eigenvalue weighted by Crippen LogP contribution is -2.59. The Labute approximate surface area is 168 Å². The number of rotatable bonds is 13. The van der Waals surface area contributed by atoms with Crippen LogP contribution in [0.15, 0.2) is 0 Å². The molecule has 0 amide bonds. The zero-order chi connectivity index (χ0) is 22.3. The molecule has 1 aliphatic rings. The van der Waals surface area contributed by atoms with Gasteiger partial charge < -0.3 is 29.4 Å². The Morgan fingerprint density at radius 3 is 1.90 bits per heavy atom. The van der Waals surface area contributed by atoms with E-state index in [9.17, 15) is 13.7 Å². The van der Waals surface area contributed by atoms with E-state index in [0.29, 0.717) is 26.2 Å². The third-order valence-corrected chi connectivity index (χ3v) is 5.49. The molecule has 0 aliphatic carbocycles. The Morgan fingerprint density at radius 2 is 1.45 bits per heavy atom. The van der Waals surface area contributed by atoms with Crippen molar-refractivity contribution in [3.8, 4) is 0 Å².